The van der Waals surface area contributed by atoms with E-state index in [-0.39, 0.29) is 24.5 Å². The molecule has 0 unspecified atom stereocenters. The number of imidazole rings is 1. The molecule has 9 heteroatoms. The molecular formula is C23H21ClN4O4. The number of amides is 2. The van der Waals surface area contributed by atoms with Gasteiger partial charge in [-0.3, -0.25) is 14.0 Å². The van der Waals surface area contributed by atoms with E-state index >= 15 is 0 Å². The van der Waals surface area contributed by atoms with Gasteiger partial charge in [-0.15, -0.1) is 0 Å². The van der Waals surface area contributed by atoms with E-state index in [2.05, 4.69) is 10.3 Å². The highest BCUT2D eigenvalue weighted by Gasteiger charge is 2.27. The average Bonchev–Trinajstić information content (AvgIpc) is 3.40. The van der Waals surface area contributed by atoms with Gasteiger partial charge < -0.3 is 19.7 Å². The van der Waals surface area contributed by atoms with Gasteiger partial charge in [0, 0.05) is 43.0 Å². The van der Waals surface area contributed by atoms with E-state index in [0.717, 1.165) is 5.65 Å². The number of anilines is 1. The van der Waals surface area contributed by atoms with Crippen LogP contribution in [0.2, 0.25) is 5.15 Å². The second kappa shape index (κ2) is 8.55. The summed E-state index contributed by atoms with van der Waals surface area (Å²) >= 11 is 6.22. The number of ether oxygens (including phenoxy) is 2. The van der Waals surface area contributed by atoms with E-state index < -0.39 is 0 Å². The molecule has 0 radical (unpaired) electrons. The van der Waals surface area contributed by atoms with Crippen molar-refractivity contribution in [2.75, 3.05) is 25.2 Å². The number of aromatic nitrogens is 2. The van der Waals surface area contributed by atoms with Crippen LogP contribution in [-0.4, -0.2) is 46.0 Å². The van der Waals surface area contributed by atoms with Gasteiger partial charge in [-0.2, -0.15) is 0 Å². The fourth-order valence-electron chi connectivity index (χ4n) is 3.97. The summed E-state index contributed by atoms with van der Waals surface area (Å²) in [5.74, 6) is 0.987. The molecule has 3 aromatic rings. The second-order valence-electron chi connectivity index (χ2n) is 7.71. The summed E-state index contributed by atoms with van der Waals surface area (Å²) in [6.07, 6.45) is 6.25. The largest absolute Gasteiger partial charge is 0.454 e. The first kappa shape index (κ1) is 20.4. The molecule has 4 heterocycles. The molecule has 2 amide bonds. The van der Waals surface area contributed by atoms with E-state index in [9.17, 15) is 9.59 Å². The number of benzene rings is 1. The number of nitrogens with zero attached hydrogens (tertiary/aromatic N) is 3. The van der Waals surface area contributed by atoms with E-state index in [4.69, 9.17) is 21.1 Å². The van der Waals surface area contributed by atoms with E-state index in [1.54, 1.807) is 29.2 Å². The number of fused-ring (bicyclic) bond motifs is 2. The van der Waals surface area contributed by atoms with Crippen molar-refractivity contribution in [3.63, 3.8) is 0 Å². The normalized spacial score (nSPS) is 16.1. The smallest absolute Gasteiger partial charge is 0.246 e. The maximum Gasteiger partial charge on any atom is 0.246 e. The highest BCUT2D eigenvalue weighted by atomic mass is 35.5. The highest BCUT2D eigenvalue weighted by molar-refractivity contribution is 6.31. The van der Waals surface area contributed by atoms with Crippen molar-refractivity contribution < 1.29 is 19.1 Å². The summed E-state index contributed by atoms with van der Waals surface area (Å²) in [7, 11) is 0. The molecule has 0 saturated carbocycles. The standard InChI is InChI=1S/C23H21ClN4O4/c24-22-17(28-10-2-1-3-20(28)26-22)5-7-21(29)27-11-8-15(9-12-27)23(30)25-16-4-6-18-19(13-16)32-14-31-18/h1-7,10,13,15H,8-9,11-12,14H2,(H,25,30). The van der Waals surface area contributed by atoms with Crippen molar-refractivity contribution in [3.05, 3.63) is 59.5 Å². The number of carbonyl (C=O) groups excluding carboxylic acids is 2. The SMILES string of the molecule is O=C(Nc1ccc2c(c1)OCO2)C1CCN(C(=O)C=Cc2c(Cl)nc3ccccn23)CC1. The van der Waals surface area contributed by atoms with Crippen LogP contribution in [0, 0.1) is 5.92 Å². The fourth-order valence-corrected chi connectivity index (χ4v) is 4.21. The molecule has 1 saturated heterocycles. The Labute approximate surface area is 189 Å². The maximum absolute atomic E-state index is 12.7. The molecule has 2 aliphatic heterocycles. The van der Waals surface area contributed by atoms with Crippen molar-refractivity contribution in [1.29, 1.82) is 0 Å². The highest BCUT2D eigenvalue weighted by Crippen LogP contribution is 2.34. The number of carbonyl (C=O) groups is 2. The van der Waals surface area contributed by atoms with Crippen LogP contribution >= 0.6 is 11.6 Å². The third-order valence-electron chi connectivity index (χ3n) is 5.72. The van der Waals surface area contributed by atoms with Crippen LogP contribution in [0.15, 0.2) is 48.7 Å². The number of hydrogen-bond acceptors (Lipinski definition) is 5. The van der Waals surface area contributed by atoms with Gasteiger partial charge in [-0.1, -0.05) is 17.7 Å². The lowest BCUT2D eigenvalue weighted by molar-refractivity contribution is -0.130. The lowest BCUT2D eigenvalue weighted by atomic mass is 9.95. The van der Waals surface area contributed by atoms with Crippen LogP contribution in [-0.2, 0) is 9.59 Å². The lowest BCUT2D eigenvalue weighted by Gasteiger charge is -2.30. The summed E-state index contributed by atoms with van der Waals surface area (Å²) in [6.45, 7) is 1.23. The molecule has 2 aliphatic rings. The molecule has 1 N–H and O–H groups in total. The van der Waals surface area contributed by atoms with Crippen LogP contribution in [0.1, 0.15) is 18.5 Å². The molecule has 0 spiro atoms. The Bertz CT molecular complexity index is 1210. The molecule has 0 aliphatic carbocycles. The van der Waals surface area contributed by atoms with Crippen molar-refractivity contribution in [2.45, 2.75) is 12.8 Å². The third-order valence-corrected chi connectivity index (χ3v) is 6.00. The van der Waals surface area contributed by atoms with E-state index in [1.165, 1.54) is 6.08 Å². The van der Waals surface area contributed by atoms with Gasteiger partial charge in [0.05, 0.1) is 5.69 Å². The number of rotatable bonds is 4. The first-order chi connectivity index (χ1) is 15.6. The predicted molar refractivity (Wildman–Crippen MR) is 120 cm³/mol. The lowest BCUT2D eigenvalue weighted by Crippen LogP contribution is -2.40. The molecule has 32 heavy (non-hydrogen) atoms. The molecule has 1 aromatic carbocycles. The zero-order valence-corrected chi connectivity index (χ0v) is 17.9. The van der Waals surface area contributed by atoms with Gasteiger partial charge in [0.25, 0.3) is 0 Å². The Hall–Kier alpha value is -3.52. The van der Waals surface area contributed by atoms with Crippen LogP contribution in [0.3, 0.4) is 0 Å². The summed E-state index contributed by atoms with van der Waals surface area (Å²) in [4.78, 5) is 31.3. The Morgan fingerprint density at radius 1 is 1.12 bits per heavy atom. The van der Waals surface area contributed by atoms with Crippen LogP contribution < -0.4 is 14.8 Å². The van der Waals surface area contributed by atoms with Gasteiger partial charge in [-0.05, 0) is 43.2 Å². The van der Waals surface area contributed by atoms with Crippen LogP contribution in [0.25, 0.3) is 11.7 Å². The summed E-state index contributed by atoms with van der Waals surface area (Å²) in [6, 6.07) is 10.9. The molecule has 0 atom stereocenters. The van der Waals surface area contributed by atoms with Crippen LogP contribution in [0.5, 0.6) is 11.5 Å². The minimum atomic E-state index is -0.151. The fraction of sp³-hybridized carbons (Fsp3) is 0.261. The zero-order valence-electron chi connectivity index (χ0n) is 17.2. The zero-order chi connectivity index (χ0) is 22.1. The monoisotopic (exact) mass is 452 g/mol. The van der Waals surface area contributed by atoms with Gasteiger partial charge in [0.15, 0.2) is 16.7 Å². The maximum atomic E-state index is 12.7. The minimum absolute atomic E-state index is 0.0518. The number of pyridine rings is 1. The molecule has 0 bridgehead atoms. The quantitative estimate of drug-likeness (QED) is 0.611. The average molecular weight is 453 g/mol. The first-order valence-electron chi connectivity index (χ1n) is 10.4. The molecule has 5 rings (SSSR count). The Kier molecular flexibility index (Phi) is 5.45. The summed E-state index contributed by atoms with van der Waals surface area (Å²) in [5.41, 5.74) is 2.05. The van der Waals surface area contributed by atoms with Crippen molar-refractivity contribution in [3.8, 4) is 11.5 Å². The third kappa shape index (κ3) is 4.01. The molecule has 1 fully saturated rings. The molecule has 2 aromatic heterocycles. The van der Waals surface area contributed by atoms with Crippen LogP contribution in [0.4, 0.5) is 5.69 Å². The topological polar surface area (TPSA) is 85.2 Å². The summed E-state index contributed by atoms with van der Waals surface area (Å²) < 4.78 is 12.5. The van der Waals surface area contributed by atoms with Crippen molar-refractivity contribution in [1.82, 2.24) is 14.3 Å². The second-order valence-corrected chi connectivity index (χ2v) is 8.06. The number of piperidine rings is 1. The Morgan fingerprint density at radius 2 is 1.94 bits per heavy atom. The summed E-state index contributed by atoms with van der Waals surface area (Å²) in [5, 5.41) is 3.28. The number of likely N-dealkylation sites (tertiary alicyclic amines) is 1. The van der Waals surface area contributed by atoms with Gasteiger partial charge in [0.2, 0.25) is 18.6 Å². The molecular weight excluding hydrogens is 432 g/mol. The van der Waals surface area contributed by atoms with E-state index in [1.807, 2.05) is 28.8 Å². The van der Waals surface area contributed by atoms with Crippen molar-refractivity contribution in [2.24, 2.45) is 5.92 Å². The molecule has 164 valence electrons. The number of hydrogen-bond donors (Lipinski definition) is 1. The van der Waals surface area contributed by atoms with Gasteiger partial charge >= 0.3 is 0 Å². The first-order valence-corrected chi connectivity index (χ1v) is 10.8. The van der Waals surface area contributed by atoms with E-state index in [0.29, 0.717) is 54.0 Å². The molecule has 8 nitrogen and oxygen atoms in total. The number of halogens is 1. The van der Waals surface area contributed by atoms with Gasteiger partial charge in [0.1, 0.15) is 5.65 Å². The number of nitrogens with one attached hydrogen (secondary N) is 1. The Balaban J connectivity index is 1.17. The van der Waals surface area contributed by atoms with Gasteiger partial charge in [-0.25, -0.2) is 4.98 Å². The Morgan fingerprint density at radius 3 is 2.78 bits per heavy atom. The minimum Gasteiger partial charge on any atom is -0.454 e. The predicted octanol–water partition coefficient (Wildman–Crippen LogP) is 3.61. The van der Waals surface area contributed by atoms with Crippen molar-refractivity contribution >= 4 is 40.8 Å².